The zero-order valence-corrected chi connectivity index (χ0v) is 32.8. The van der Waals surface area contributed by atoms with Crippen LogP contribution in [0.3, 0.4) is 0 Å². The van der Waals surface area contributed by atoms with Gasteiger partial charge in [-0.3, -0.25) is 0 Å². The molecule has 0 amide bonds. The van der Waals surface area contributed by atoms with Crippen molar-refractivity contribution in [2.45, 2.75) is 50.4 Å². The van der Waals surface area contributed by atoms with Crippen LogP contribution in [0.2, 0.25) is 0 Å². The Morgan fingerprint density at radius 3 is 2.16 bits per heavy atom. The second-order valence-corrected chi connectivity index (χ2v) is 17.0. The van der Waals surface area contributed by atoms with Crippen LogP contribution in [-0.4, -0.2) is 6.71 Å². The molecule has 7 aromatic carbocycles. The lowest BCUT2D eigenvalue weighted by Gasteiger charge is -2.49. The number of furan rings is 1. The summed E-state index contributed by atoms with van der Waals surface area (Å²) >= 11 is 0. The lowest BCUT2D eigenvalue weighted by atomic mass is 9.26. The van der Waals surface area contributed by atoms with Crippen LogP contribution in [0.1, 0.15) is 72.9 Å². The van der Waals surface area contributed by atoms with E-state index in [9.17, 15) is 0 Å². The third-order valence-corrected chi connectivity index (χ3v) is 13.7. The summed E-state index contributed by atoms with van der Waals surface area (Å²) in [5.41, 5.74) is 18.3. The van der Waals surface area contributed by atoms with Gasteiger partial charge in [0.1, 0.15) is 11.3 Å². The van der Waals surface area contributed by atoms with Crippen molar-refractivity contribution in [3.05, 3.63) is 215 Å². The monoisotopic (exact) mass is 747 g/mol. The van der Waals surface area contributed by atoms with Crippen LogP contribution in [0.5, 0.6) is 5.75 Å². The van der Waals surface area contributed by atoms with Crippen LogP contribution in [0, 0.1) is 0 Å². The number of allylic oxidation sites excluding steroid dienone is 2. The normalized spacial score (nSPS) is 16.8. The molecule has 4 aliphatic rings. The molecular formula is C54H42BNO2. The summed E-state index contributed by atoms with van der Waals surface area (Å²) in [4.78, 5) is 2.50. The number of hydrogen-bond donors (Lipinski definition) is 0. The quantitative estimate of drug-likeness (QED) is 0.168. The molecule has 0 saturated heterocycles. The molecule has 0 spiro atoms. The highest BCUT2D eigenvalue weighted by molar-refractivity contribution is 6.97. The summed E-state index contributed by atoms with van der Waals surface area (Å²) in [6.45, 7) is 4.92. The van der Waals surface area contributed by atoms with Crippen molar-refractivity contribution in [2.24, 2.45) is 0 Å². The maximum absolute atomic E-state index is 6.58. The maximum Gasteiger partial charge on any atom is 0.242 e. The minimum absolute atomic E-state index is 0.0313. The van der Waals surface area contributed by atoms with Crippen LogP contribution in [-0.2, 0) is 10.8 Å². The van der Waals surface area contributed by atoms with Gasteiger partial charge in [-0.05, 0) is 100 Å². The zero-order chi connectivity index (χ0) is 38.6. The van der Waals surface area contributed by atoms with E-state index < -0.39 is 5.41 Å². The van der Waals surface area contributed by atoms with Crippen LogP contribution in [0.15, 0.2) is 186 Å². The largest absolute Gasteiger partial charge is 0.464 e. The highest BCUT2D eigenvalue weighted by Crippen LogP contribution is 2.51. The van der Waals surface area contributed by atoms with Crippen molar-refractivity contribution in [3.8, 4) is 16.9 Å². The van der Waals surface area contributed by atoms with E-state index >= 15 is 0 Å². The fourth-order valence-electron chi connectivity index (χ4n) is 11.2. The lowest BCUT2D eigenvalue weighted by Crippen LogP contribution is -2.67. The van der Waals surface area contributed by atoms with Crippen molar-refractivity contribution in [2.75, 3.05) is 4.90 Å². The van der Waals surface area contributed by atoms with Crippen LogP contribution < -0.4 is 26.0 Å². The number of anilines is 2. The summed E-state index contributed by atoms with van der Waals surface area (Å²) < 4.78 is 12.5. The Kier molecular flexibility index (Phi) is 7.24. The predicted molar refractivity (Wildman–Crippen MR) is 238 cm³/mol. The Labute approximate surface area is 340 Å². The SMILES string of the molecule is CC1(C)c2cc(N3C4=C(CCCC4)Oc4ccccc43)ccc2B2c3cc(-c4cccc5occc45)ccc3C(c3ccccc3)(c3ccccc3)c3cccc1c32. The minimum Gasteiger partial charge on any atom is -0.464 e. The Hall–Kier alpha value is -6.52. The molecule has 1 aliphatic carbocycles. The predicted octanol–water partition coefficient (Wildman–Crippen LogP) is 11.3. The molecule has 0 bridgehead atoms. The average molecular weight is 748 g/mol. The topological polar surface area (TPSA) is 25.6 Å². The number of benzene rings is 7. The summed E-state index contributed by atoms with van der Waals surface area (Å²) in [5, 5.41) is 1.13. The minimum atomic E-state index is -0.533. The molecule has 0 unspecified atom stereocenters. The summed E-state index contributed by atoms with van der Waals surface area (Å²) in [5.74, 6) is 2.06. The number of nitrogens with zero attached hydrogens (tertiary/aromatic N) is 1. The third-order valence-electron chi connectivity index (χ3n) is 13.7. The van der Waals surface area contributed by atoms with Crippen molar-refractivity contribution in [1.29, 1.82) is 0 Å². The molecule has 0 radical (unpaired) electrons. The number of ether oxygens (including phenoxy) is 1. The van der Waals surface area contributed by atoms with Crippen molar-refractivity contribution < 1.29 is 9.15 Å². The molecule has 4 heterocycles. The third kappa shape index (κ3) is 4.57. The summed E-state index contributed by atoms with van der Waals surface area (Å²) in [6, 6.07) is 61.3. The molecule has 3 aliphatic heterocycles. The van der Waals surface area contributed by atoms with Crippen molar-refractivity contribution >= 4 is 45.4 Å². The molecule has 4 heteroatoms. The highest BCUT2D eigenvalue weighted by atomic mass is 16.5. The lowest BCUT2D eigenvalue weighted by molar-refractivity contribution is 0.363. The van der Waals surface area contributed by atoms with Crippen molar-refractivity contribution in [1.82, 2.24) is 0 Å². The molecule has 12 rings (SSSR count). The van der Waals surface area contributed by atoms with Gasteiger partial charge in [0, 0.05) is 22.9 Å². The van der Waals surface area contributed by atoms with Crippen LogP contribution >= 0.6 is 0 Å². The first-order chi connectivity index (χ1) is 28.5. The van der Waals surface area contributed by atoms with Crippen molar-refractivity contribution in [3.63, 3.8) is 0 Å². The van der Waals surface area contributed by atoms with Gasteiger partial charge in [-0.15, -0.1) is 0 Å². The molecule has 0 saturated carbocycles. The van der Waals surface area contributed by atoms with Gasteiger partial charge in [0.25, 0.3) is 0 Å². The Bertz CT molecular complexity index is 2940. The molecule has 0 fully saturated rings. The molecule has 8 aromatic rings. The average Bonchev–Trinajstić information content (AvgIpc) is 3.77. The van der Waals surface area contributed by atoms with Gasteiger partial charge in [-0.2, -0.15) is 0 Å². The van der Waals surface area contributed by atoms with Gasteiger partial charge >= 0.3 is 0 Å². The van der Waals surface area contributed by atoms with E-state index in [1.807, 2.05) is 0 Å². The highest BCUT2D eigenvalue weighted by Gasteiger charge is 2.52. The second-order valence-electron chi connectivity index (χ2n) is 17.0. The van der Waals surface area contributed by atoms with Gasteiger partial charge in [0.2, 0.25) is 6.71 Å². The van der Waals surface area contributed by atoms with Gasteiger partial charge in [-0.1, -0.05) is 158 Å². The first-order valence-corrected chi connectivity index (χ1v) is 20.8. The van der Waals surface area contributed by atoms with E-state index in [1.54, 1.807) is 6.26 Å². The first kappa shape index (κ1) is 33.6. The Morgan fingerprint density at radius 1 is 0.586 bits per heavy atom. The number of rotatable bonds is 4. The summed E-state index contributed by atoms with van der Waals surface area (Å²) in [7, 11) is 0. The Morgan fingerprint density at radius 2 is 1.33 bits per heavy atom. The maximum atomic E-state index is 6.58. The standard InChI is InChI=1S/C54H42BNO2/c1-53(2)42-20-14-21-43-52(42)55(45-30-28-38(34-44(45)53)56-47-22-9-11-24-50(47)58-51-25-12-10-23-48(51)56)46-33-35(39-19-13-26-49-40(39)31-32-57-49)27-29-41(46)54(43,36-15-5-3-6-16-36)37-17-7-4-8-18-37/h3-9,11,13-22,24,26-34H,10,12,23,25H2,1-2H3. The number of hydrogen-bond acceptors (Lipinski definition) is 3. The van der Waals surface area contributed by atoms with E-state index in [2.05, 4.69) is 183 Å². The number of para-hydroxylation sites is 2. The van der Waals surface area contributed by atoms with E-state index in [1.165, 1.54) is 78.7 Å². The zero-order valence-electron chi connectivity index (χ0n) is 32.8. The smallest absolute Gasteiger partial charge is 0.242 e. The molecule has 0 atom stereocenters. The molecule has 1 aromatic heterocycles. The van der Waals surface area contributed by atoms with E-state index in [-0.39, 0.29) is 12.1 Å². The molecule has 0 N–H and O–H groups in total. The fraction of sp³-hybridized carbons (Fsp3) is 0.148. The first-order valence-electron chi connectivity index (χ1n) is 20.8. The molecule has 278 valence electrons. The second kappa shape index (κ2) is 12.5. The van der Waals surface area contributed by atoms with Gasteiger partial charge < -0.3 is 14.1 Å². The van der Waals surface area contributed by atoms with E-state index in [4.69, 9.17) is 9.15 Å². The van der Waals surface area contributed by atoms with Gasteiger partial charge in [0.05, 0.1) is 23.1 Å². The van der Waals surface area contributed by atoms with E-state index in [0.29, 0.717) is 0 Å². The van der Waals surface area contributed by atoms with Crippen LogP contribution in [0.4, 0.5) is 11.4 Å². The number of fused-ring (bicyclic) bond motifs is 6. The van der Waals surface area contributed by atoms with Gasteiger partial charge in [-0.25, -0.2) is 0 Å². The fourth-order valence-corrected chi connectivity index (χ4v) is 11.2. The molecule has 58 heavy (non-hydrogen) atoms. The molecular weight excluding hydrogens is 705 g/mol. The van der Waals surface area contributed by atoms with Gasteiger partial charge in [0.15, 0.2) is 5.75 Å². The summed E-state index contributed by atoms with van der Waals surface area (Å²) in [6.07, 6.45) is 6.13. The van der Waals surface area contributed by atoms with E-state index in [0.717, 1.165) is 47.4 Å². The van der Waals surface area contributed by atoms with Crippen LogP contribution in [0.25, 0.3) is 22.1 Å². The Balaban J connectivity index is 1.16. The molecule has 3 nitrogen and oxygen atoms in total.